The first-order valence-electron chi connectivity index (χ1n) is 6.88. The van der Waals surface area contributed by atoms with E-state index in [1.54, 1.807) is 0 Å². The van der Waals surface area contributed by atoms with Crippen molar-refractivity contribution in [3.8, 4) is 0 Å². The third-order valence-electron chi connectivity index (χ3n) is 3.32. The molecule has 0 bridgehead atoms. The smallest absolute Gasteiger partial charge is 0.245 e. The Morgan fingerprint density at radius 3 is 2.15 bits per heavy atom. The van der Waals surface area contributed by atoms with E-state index in [4.69, 9.17) is 16.3 Å². The lowest BCUT2D eigenvalue weighted by atomic mass is 9.98. The molecule has 0 aliphatic carbocycles. The molecule has 110 valence electrons. The van der Waals surface area contributed by atoms with Crippen LogP contribution in [0, 0.1) is 0 Å². The normalized spacial score (nSPS) is 22.4. The fourth-order valence-corrected chi connectivity index (χ4v) is 3.15. The summed E-state index contributed by atoms with van der Waals surface area (Å²) in [5, 5.41) is -0.638. The highest BCUT2D eigenvalue weighted by Crippen LogP contribution is 2.31. The maximum absolute atomic E-state index is 12.6. The molecule has 0 radical (unpaired) electrons. The number of halogens is 1. The largest absolute Gasteiger partial charge is 0.366 e. The minimum absolute atomic E-state index is 0.0534. The van der Waals surface area contributed by atoms with E-state index in [9.17, 15) is 4.79 Å². The van der Waals surface area contributed by atoms with E-state index < -0.39 is 5.38 Å². The van der Waals surface area contributed by atoms with Crippen LogP contribution in [-0.2, 0) is 9.53 Å². The summed E-state index contributed by atoms with van der Waals surface area (Å²) in [5.41, 5.74) is 0.122. The summed E-state index contributed by atoms with van der Waals surface area (Å²) in [6, 6.07) is 9.47. The first-order valence-corrected chi connectivity index (χ1v) is 7.32. The number of ether oxygens (including phenoxy) is 1. The lowest BCUT2D eigenvalue weighted by molar-refractivity contribution is -0.187. The maximum atomic E-state index is 12.6. The second-order valence-electron chi connectivity index (χ2n) is 6.59. The quantitative estimate of drug-likeness (QED) is 0.783. The van der Waals surface area contributed by atoms with Crippen LogP contribution in [0.3, 0.4) is 0 Å². The van der Waals surface area contributed by atoms with Gasteiger partial charge in [0.05, 0.1) is 11.2 Å². The van der Waals surface area contributed by atoms with E-state index in [-0.39, 0.29) is 17.1 Å². The van der Waals surface area contributed by atoms with Gasteiger partial charge in [-0.3, -0.25) is 4.79 Å². The van der Waals surface area contributed by atoms with Crippen LogP contribution >= 0.6 is 11.6 Å². The molecule has 1 saturated heterocycles. The second-order valence-corrected chi connectivity index (χ2v) is 7.03. The molecule has 1 aromatic carbocycles. The zero-order chi connectivity index (χ0) is 15.0. The molecular weight excluding hydrogens is 274 g/mol. The molecule has 1 aliphatic heterocycles. The van der Waals surface area contributed by atoms with Crippen LogP contribution in [0.2, 0.25) is 0 Å². The zero-order valence-electron chi connectivity index (χ0n) is 12.5. The number of amides is 1. The van der Waals surface area contributed by atoms with Crippen molar-refractivity contribution in [1.29, 1.82) is 0 Å². The Morgan fingerprint density at radius 1 is 1.15 bits per heavy atom. The second kappa shape index (κ2) is 5.38. The fourth-order valence-electron chi connectivity index (χ4n) is 2.87. The number of alkyl halides is 1. The third-order valence-corrected chi connectivity index (χ3v) is 3.76. The Labute approximate surface area is 125 Å². The van der Waals surface area contributed by atoms with E-state index in [0.717, 1.165) is 5.56 Å². The van der Waals surface area contributed by atoms with Crippen LogP contribution < -0.4 is 0 Å². The average Bonchev–Trinajstić information content (AvgIpc) is 2.34. The zero-order valence-corrected chi connectivity index (χ0v) is 13.3. The number of morpholine rings is 1. The van der Waals surface area contributed by atoms with Crippen LogP contribution in [-0.4, -0.2) is 35.1 Å². The SMILES string of the molecule is CC1(C)CN(C(=O)C(Cl)c2ccccc2)CC(C)(C)O1. The number of nitrogens with zero attached hydrogens (tertiary/aromatic N) is 1. The molecule has 0 aromatic heterocycles. The number of hydrogen-bond donors (Lipinski definition) is 0. The van der Waals surface area contributed by atoms with Crippen molar-refractivity contribution in [3.63, 3.8) is 0 Å². The first-order chi connectivity index (χ1) is 9.20. The monoisotopic (exact) mass is 295 g/mol. The topological polar surface area (TPSA) is 29.5 Å². The minimum atomic E-state index is -0.638. The van der Waals surface area contributed by atoms with Gasteiger partial charge in [0.25, 0.3) is 0 Å². The minimum Gasteiger partial charge on any atom is -0.366 e. The van der Waals surface area contributed by atoms with Gasteiger partial charge < -0.3 is 9.64 Å². The molecule has 0 spiro atoms. The molecule has 1 amide bonds. The molecule has 1 aliphatic rings. The molecule has 1 unspecified atom stereocenters. The molecule has 1 atom stereocenters. The summed E-state index contributed by atoms with van der Waals surface area (Å²) < 4.78 is 5.99. The molecule has 2 rings (SSSR count). The molecular formula is C16H22ClNO2. The predicted octanol–water partition coefficient (Wildman–Crippen LogP) is 3.38. The van der Waals surface area contributed by atoms with E-state index in [1.807, 2.05) is 62.9 Å². The lowest BCUT2D eigenvalue weighted by Crippen LogP contribution is -2.59. The highest BCUT2D eigenvalue weighted by Gasteiger charge is 2.41. The van der Waals surface area contributed by atoms with E-state index in [0.29, 0.717) is 13.1 Å². The lowest BCUT2D eigenvalue weighted by Gasteiger charge is -2.47. The molecule has 0 saturated carbocycles. The first kappa shape index (κ1) is 15.3. The van der Waals surface area contributed by atoms with Gasteiger partial charge >= 0.3 is 0 Å². The van der Waals surface area contributed by atoms with Crippen molar-refractivity contribution in [2.75, 3.05) is 13.1 Å². The van der Waals surface area contributed by atoms with Crippen LogP contribution in [0.4, 0.5) is 0 Å². The van der Waals surface area contributed by atoms with E-state index in [1.165, 1.54) is 0 Å². The van der Waals surface area contributed by atoms with Crippen molar-refractivity contribution < 1.29 is 9.53 Å². The summed E-state index contributed by atoms with van der Waals surface area (Å²) >= 11 is 6.34. The van der Waals surface area contributed by atoms with Gasteiger partial charge in [-0.05, 0) is 33.3 Å². The fraction of sp³-hybridized carbons (Fsp3) is 0.562. The van der Waals surface area contributed by atoms with Crippen LogP contribution in [0.15, 0.2) is 30.3 Å². The summed E-state index contributed by atoms with van der Waals surface area (Å²) in [5.74, 6) is -0.0534. The van der Waals surface area contributed by atoms with Crippen LogP contribution in [0.1, 0.15) is 38.6 Å². The van der Waals surface area contributed by atoms with Gasteiger partial charge in [0, 0.05) is 13.1 Å². The van der Waals surface area contributed by atoms with Crippen LogP contribution in [0.5, 0.6) is 0 Å². The Morgan fingerprint density at radius 2 is 1.65 bits per heavy atom. The highest BCUT2D eigenvalue weighted by atomic mass is 35.5. The molecule has 0 N–H and O–H groups in total. The average molecular weight is 296 g/mol. The molecule has 20 heavy (non-hydrogen) atoms. The van der Waals surface area contributed by atoms with Gasteiger partial charge in [0.1, 0.15) is 5.38 Å². The number of carbonyl (C=O) groups excluding carboxylic acids is 1. The van der Waals surface area contributed by atoms with Gasteiger partial charge in [-0.1, -0.05) is 30.3 Å². The summed E-state index contributed by atoms with van der Waals surface area (Å²) in [7, 11) is 0. The maximum Gasteiger partial charge on any atom is 0.245 e. The number of hydrogen-bond acceptors (Lipinski definition) is 2. The summed E-state index contributed by atoms with van der Waals surface area (Å²) in [6.45, 7) is 9.12. The van der Waals surface area contributed by atoms with E-state index >= 15 is 0 Å². The molecule has 4 heteroatoms. The van der Waals surface area contributed by atoms with Crippen molar-refractivity contribution in [2.45, 2.75) is 44.3 Å². The Hall–Kier alpha value is -1.06. The van der Waals surface area contributed by atoms with E-state index in [2.05, 4.69) is 0 Å². The Bertz CT molecular complexity index is 469. The van der Waals surface area contributed by atoms with Gasteiger partial charge in [0.2, 0.25) is 5.91 Å². The number of rotatable bonds is 2. The van der Waals surface area contributed by atoms with Crippen molar-refractivity contribution in [3.05, 3.63) is 35.9 Å². The number of benzene rings is 1. The molecule has 3 nitrogen and oxygen atoms in total. The number of carbonyl (C=O) groups is 1. The van der Waals surface area contributed by atoms with Crippen molar-refractivity contribution >= 4 is 17.5 Å². The molecule has 1 fully saturated rings. The summed E-state index contributed by atoms with van der Waals surface area (Å²) in [6.07, 6.45) is 0. The Kier molecular flexibility index (Phi) is 4.12. The molecule has 1 aromatic rings. The van der Waals surface area contributed by atoms with Crippen molar-refractivity contribution in [2.24, 2.45) is 0 Å². The van der Waals surface area contributed by atoms with Gasteiger partial charge in [-0.15, -0.1) is 11.6 Å². The van der Waals surface area contributed by atoms with Gasteiger partial charge in [0.15, 0.2) is 0 Å². The van der Waals surface area contributed by atoms with Crippen LogP contribution in [0.25, 0.3) is 0 Å². The van der Waals surface area contributed by atoms with Crippen molar-refractivity contribution in [1.82, 2.24) is 4.90 Å². The molecule has 1 heterocycles. The predicted molar refractivity (Wildman–Crippen MR) is 80.9 cm³/mol. The highest BCUT2D eigenvalue weighted by molar-refractivity contribution is 6.30. The summed E-state index contributed by atoms with van der Waals surface area (Å²) in [4.78, 5) is 14.4. The van der Waals surface area contributed by atoms with Gasteiger partial charge in [-0.25, -0.2) is 0 Å². The third kappa shape index (κ3) is 3.53. The Balaban J connectivity index is 2.16. The standard InChI is InChI=1S/C16H22ClNO2/c1-15(2)10-18(11-16(3,4)20-15)14(19)13(17)12-8-6-5-7-9-12/h5-9,13H,10-11H2,1-4H3. The van der Waals surface area contributed by atoms with Gasteiger partial charge in [-0.2, -0.15) is 0 Å².